The molecule has 0 amide bonds. The van der Waals surface area contributed by atoms with Crippen molar-refractivity contribution in [1.29, 1.82) is 0 Å². The molecular weight excluding hydrogens is 398 g/mol. The molecule has 9 heteroatoms. The van der Waals surface area contributed by atoms with E-state index in [1.807, 2.05) is 0 Å². The molecule has 2 aliphatic rings. The van der Waals surface area contributed by atoms with Crippen LogP contribution >= 0.6 is 11.8 Å². The van der Waals surface area contributed by atoms with Gasteiger partial charge in [-0.05, 0) is 31.9 Å². The first-order valence-corrected chi connectivity index (χ1v) is 12.7. The second-order valence-electron chi connectivity index (χ2n) is 8.48. The van der Waals surface area contributed by atoms with E-state index in [0.717, 1.165) is 88.8 Å². The van der Waals surface area contributed by atoms with E-state index < -0.39 is 0 Å². The summed E-state index contributed by atoms with van der Waals surface area (Å²) >= 11 is 1.67. The van der Waals surface area contributed by atoms with Gasteiger partial charge in [0.25, 0.3) is 0 Å². The fraction of sp³-hybridized carbons (Fsp3) is 0.857. The van der Waals surface area contributed by atoms with Crippen molar-refractivity contribution in [3.05, 3.63) is 5.82 Å². The van der Waals surface area contributed by atoms with Crippen molar-refractivity contribution in [2.24, 2.45) is 10.9 Å². The minimum absolute atomic E-state index is 0.582. The lowest BCUT2D eigenvalue weighted by molar-refractivity contribution is 0.0195. The third-order valence-corrected chi connectivity index (χ3v) is 6.37. The van der Waals surface area contributed by atoms with Crippen LogP contribution in [0, 0.1) is 5.92 Å². The average Bonchev–Trinajstić information content (AvgIpc) is 3.38. The second kappa shape index (κ2) is 11.9. The van der Waals surface area contributed by atoms with E-state index in [1.165, 1.54) is 6.42 Å². The number of rotatable bonds is 9. The summed E-state index contributed by atoms with van der Waals surface area (Å²) < 4.78 is 7.78. The Morgan fingerprint density at radius 1 is 1.27 bits per heavy atom. The molecule has 0 saturated carbocycles. The van der Waals surface area contributed by atoms with Crippen LogP contribution in [0.4, 0.5) is 0 Å². The molecule has 1 N–H and O–H groups in total. The van der Waals surface area contributed by atoms with Gasteiger partial charge in [-0.25, -0.2) is 0 Å². The summed E-state index contributed by atoms with van der Waals surface area (Å²) in [5.41, 5.74) is 0. The first kappa shape index (κ1) is 23.3. The largest absolute Gasteiger partial charge is 0.379 e. The fourth-order valence-corrected chi connectivity index (χ4v) is 4.75. The third-order valence-electron chi connectivity index (χ3n) is 5.70. The van der Waals surface area contributed by atoms with Gasteiger partial charge in [0.2, 0.25) is 0 Å². The van der Waals surface area contributed by atoms with Crippen molar-refractivity contribution >= 4 is 17.7 Å². The Bertz CT molecular complexity index is 672. The molecule has 0 aliphatic carbocycles. The van der Waals surface area contributed by atoms with Crippen LogP contribution in [0.5, 0.6) is 0 Å². The number of aryl methyl sites for hydroxylation is 1. The molecule has 0 aromatic carbocycles. The van der Waals surface area contributed by atoms with Crippen molar-refractivity contribution in [3.8, 4) is 0 Å². The number of guanidine groups is 1. The van der Waals surface area contributed by atoms with Gasteiger partial charge in [0.15, 0.2) is 11.1 Å². The number of nitrogens with one attached hydrogen (secondary N) is 1. The van der Waals surface area contributed by atoms with E-state index in [0.29, 0.717) is 12.0 Å². The molecule has 1 aromatic rings. The maximum Gasteiger partial charge on any atom is 0.193 e. The van der Waals surface area contributed by atoms with Gasteiger partial charge in [-0.2, -0.15) is 0 Å². The first-order valence-electron chi connectivity index (χ1n) is 11.4. The molecule has 0 spiro atoms. The lowest BCUT2D eigenvalue weighted by atomic mass is 10.2. The van der Waals surface area contributed by atoms with Gasteiger partial charge in [0.05, 0.1) is 13.2 Å². The number of aliphatic imine (C=N–C) groups is 1. The number of hydrogen-bond acceptors (Lipinski definition) is 6. The summed E-state index contributed by atoms with van der Waals surface area (Å²) in [4.78, 5) is 9.94. The van der Waals surface area contributed by atoms with Gasteiger partial charge in [0, 0.05) is 58.3 Å². The van der Waals surface area contributed by atoms with Crippen LogP contribution < -0.4 is 5.32 Å². The van der Waals surface area contributed by atoms with Gasteiger partial charge in [-0.15, -0.1) is 10.2 Å². The van der Waals surface area contributed by atoms with Crippen molar-refractivity contribution < 1.29 is 4.74 Å². The van der Waals surface area contributed by atoms with E-state index >= 15 is 0 Å². The van der Waals surface area contributed by atoms with E-state index in [2.05, 4.69) is 56.9 Å². The average molecular weight is 438 g/mol. The molecule has 3 heterocycles. The minimum atomic E-state index is 0.582. The predicted molar refractivity (Wildman–Crippen MR) is 123 cm³/mol. The highest BCUT2D eigenvalue weighted by Gasteiger charge is 2.30. The third kappa shape index (κ3) is 6.34. The van der Waals surface area contributed by atoms with Crippen LogP contribution in [0.15, 0.2) is 10.1 Å². The number of nitrogens with zero attached hydrogens (tertiary/aromatic N) is 6. The molecule has 8 nitrogen and oxygen atoms in total. The van der Waals surface area contributed by atoms with Gasteiger partial charge in [-0.3, -0.25) is 9.89 Å². The quantitative estimate of drug-likeness (QED) is 0.274. The zero-order valence-corrected chi connectivity index (χ0v) is 20.0. The standard InChI is InChI=1S/C21H39N7OS/c1-5-22-20(27-10-8-18(16-27)26-11-13-29-14-12-26)23-9-6-7-19-24-25-21(30-4)28(19)15-17(2)3/h17-18H,5-16H2,1-4H3,(H,22,23). The second-order valence-corrected chi connectivity index (χ2v) is 9.26. The van der Waals surface area contributed by atoms with Gasteiger partial charge >= 0.3 is 0 Å². The summed E-state index contributed by atoms with van der Waals surface area (Å²) in [6.07, 6.45) is 5.18. The highest BCUT2D eigenvalue weighted by molar-refractivity contribution is 7.98. The number of aromatic nitrogens is 3. The van der Waals surface area contributed by atoms with Crippen LogP contribution in [-0.2, 0) is 17.7 Å². The smallest absolute Gasteiger partial charge is 0.193 e. The molecule has 3 rings (SSSR count). The van der Waals surface area contributed by atoms with Crippen LogP contribution in [0.2, 0.25) is 0 Å². The predicted octanol–water partition coefficient (Wildman–Crippen LogP) is 1.96. The van der Waals surface area contributed by atoms with Crippen LogP contribution in [-0.4, -0.2) is 95.3 Å². The lowest BCUT2D eigenvalue weighted by Gasteiger charge is -2.32. The molecule has 0 bridgehead atoms. The monoisotopic (exact) mass is 437 g/mol. The Labute approximate surface area is 185 Å². The van der Waals surface area contributed by atoms with E-state index in [-0.39, 0.29) is 0 Å². The molecule has 0 radical (unpaired) electrons. The van der Waals surface area contributed by atoms with Crippen molar-refractivity contribution in [3.63, 3.8) is 0 Å². The summed E-state index contributed by atoms with van der Waals surface area (Å²) in [6.45, 7) is 15.3. The van der Waals surface area contributed by atoms with E-state index in [1.54, 1.807) is 11.8 Å². The number of ether oxygens (including phenoxy) is 1. The van der Waals surface area contributed by atoms with Gasteiger partial charge in [0.1, 0.15) is 5.82 Å². The van der Waals surface area contributed by atoms with Crippen molar-refractivity contribution in [1.82, 2.24) is 29.9 Å². The summed E-state index contributed by atoms with van der Waals surface area (Å²) in [5.74, 6) is 2.72. The fourth-order valence-electron chi connectivity index (χ4n) is 4.23. The molecule has 170 valence electrons. The number of morpholine rings is 1. The van der Waals surface area contributed by atoms with Crippen LogP contribution in [0.3, 0.4) is 0 Å². The normalized spacial score (nSPS) is 21.0. The Hall–Kier alpha value is -1.32. The molecule has 1 unspecified atom stereocenters. The Kier molecular flexibility index (Phi) is 9.27. The van der Waals surface area contributed by atoms with Gasteiger partial charge in [-0.1, -0.05) is 25.6 Å². The van der Waals surface area contributed by atoms with Crippen molar-refractivity contribution in [2.75, 3.05) is 58.7 Å². The maximum absolute atomic E-state index is 5.51. The minimum Gasteiger partial charge on any atom is -0.379 e. The molecule has 1 atom stereocenters. The van der Waals surface area contributed by atoms with Crippen molar-refractivity contribution in [2.45, 2.75) is 57.8 Å². The van der Waals surface area contributed by atoms with E-state index in [4.69, 9.17) is 9.73 Å². The van der Waals surface area contributed by atoms with E-state index in [9.17, 15) is 0 Å². The topological polar surface area (TPSA) is 70.8 Å². The summed E-state index contributed by atoms with van der Waals surface area (Å²) in [5, 5.41) is 13.3. The van der Waals surface area contributed by atoms with Crippen LogP contribution in [0.1, 0.15) is 39.4 Å². The Balaban J connectivity index is 1.52. The Morgan fingerprint density at radius 2 is 2.07 bits per heavy atom. The molecule has 2 fully saturated rings. The number of likely N-dealkylation sites (tertiary alicyclic amines) is 1. The molecule has 2 saturated heterocycles. The maximum atomic E-state index is 5.51. The number of hydrogen-bond donors (Lipinski definition) is 1. The SMILES string of the molecule is CCNC(=NCCCc1nnc(SC)n1CC(C)C)N1CCC(N2CCOCC2)C1. The molecule has 2 aliphatic heterocycles. The van der Waals surface area contributed by atoms with Gasteiger partial charge < -0.3 is 19.5 Å². The lowest BCUT2D eigenvalue weighted by Crippen LogP contribution is -2.46. The molecular formula is C21H39N7OS. The summed E-state index contributed by atoms with van der Waals surface area (Å²) in [7, 11) is 0. The zero-order chi connectivity index (χ0) is 21.3. The molecule has 30 heavy (non-hydrogen) atoms. The zero-order valence-electron chi connectivity index (χ0n) is 19.1. The molecule has 1 aromatic heterocycles. The Morgan fingerprint density at radius 3 is 2.77 bits per heavy atom. The highest BCUT2D eigenvalue weighted by Crippen LogP contribution is 2.18. The highest BCUT2D eigenvalue weighted by atomic mass is 32.2. The van der Waals surface area contributed by atoms with Crippen LogP contribution in [0.25, 0.3) is 0 Å². The number of thioether (sulfide) groups is 1. The first-order chi connectivity index (χ1) is 14.6. The summed E-state index contributed by atoms with van der Waals surface area (Å²) in [6, 6.07) is 0.623.